The van der Waals surface area contributed by atoms with Crippen LogP contribution in [0.1, 0.15) is 38.3 Å². The molecule has 30 heavy (non-hydrogen) atoms. The zero-order valence-electron chi connectivity index (χ0n) is 17.9. The number of hydrogen-bond acceptors (Lipinski definition) is 5. The predicted molar refractivity (Wildman–Crippen MR) is 116 cm³/mol. The molecule has 1 aliphatic rings. The summed E-state index contributed by atoms with van der Waals surface area (Å²) in [7, 11) is 0. The Labute approximate surface area is 178 Å². The largest absolute Gasteiger partial charge is 0.390 e. The summed E-state index contributed by atoms with van der Waals surface area (Å²) in [6.07, 6.45) is -0.0320. The summed E-state index contributed by atoms with van der Waals surface area (Å²) in [6, 6.07) is 16.4. The van der Waals surface area contributed by atoms with Gasteiger partial charge in [-0.15, -0.1) is 0 Å². The van der Waals surface area contributed by atoms with Gasteiger partial charge in [0.25, 0.3) is 0 Å². The fourth-order valence-corrected chi connectivity index (χ4v) is 3.36. The van der Waals surface area contributed by atoms with Crippen LogP contribution >= 0.6 is 0 Å². The van der Waals surface area contributed by atoms with E-state index in [4.69, 9.17) is 9.57 Å². The number of rotatable bonds is 9. The summed E-state index contributed by atoms with van der Waals surface area (Å²) in [4.78, 5) is 7.79. The van der Waals surface area contributed by atoms with Gasteiger partial charge in [-0.1, -0.05) is 47.6 Å². The third-order valence-electron chi connectivity index (χ3n) is 4.80. The van der Waals surface area contributed by atoms with Crippen LogP contribution in [-0.2, 0) is 16.1 Å². The fourth-order valence-electron chi connectivity index (χ4n) is 3.36. The molecule has 0 aliphatic carbocycles. The lowest BCUT2D eigenvalue weighted by Gasteiger charge is -2.28. The zero-order chi connectivity index (χ0) is 21.6. The van der Waals surface area contributed by atoms with Crippen LogP contribution in [0.25, 0.3) is 0 Å². The highest BCUT2D eigenvalue weighted by Gasteiger charge is 2.26. The van der Waals surface area contributed by atoms with Gasteiger partial charge in [0.05, 0.1) is 24.0 Å². The summed E-state index contributed by atoms with van der Waals surface area (Å²) in [5.41, 5.74) is 2.65. The molecule has 0 radical (unpaired) electrons. The van der Waals surface area contributed by atoms with E-state index < -0.39 is 6.10 Å². The van der Waals surface area contributed by atoms with E-state index in [1.165, 1.54) is 12.1 Å². The molecule has 6 heteroatoms. The molecule has 1 N–H and O–H groups in total. The van der Waals surface area contributed by atoms with Crippen LogP contribution in [0.5, 0.6) is 0 Å². The minimum atomic E-state index is -0.638. The van der Waals surface area contributed by atoms with Crippen molar-refractivity contribution >= 4 is 5.71 Å². The number of halogens is 1. The Morgan fingerprint density at radius 3 is 2.53 bits per heavy atom. The minimum absolute atomic E-state index is 0.101. The highest BCUT2D eigenvalue weighted by atomic mass is 19.1. The molecular weight excluding hydrogens is 383 g/mol. The monoisotopic (exact) mass is 414 g/mol. The molecule has 162 valence electrons. The van der Waals surface area contributed by atoms with Crippen molar-refractivity contribution in [3.63, 3.8) is 0 Å². The summed E-state index contributed by atoms with van der Waals surface area (Å²) in [6.45, 7) is 7.74. The number of aliphatic hydroxyl groups is 1. The third-order valence-corrected chi connectivity index (χ3v) is 4.80. The molecule has 2 aromatic carbocycles. The topological polar surface area (TPSA) is 54.3 Å². The van der Waals surface area contributed by atoms with E-state index in [1.54, 1.807) is 12.1 Å². The van der Waals surface area contributed by atoms with Gasteiger partial charge in [0.2, 0.25) is 0 Å². The summed E-state index contributed by atoms with van der Waals surface area (Å²) < 4.78 is 19.0. The van der Waals surface area contributed by atoms with E-state index in [-0.39, 0.29) is 24.1 Å². The van der Waals surface area contributed by atoms with Crippen molar-refractivity contribution in [3.05, 3.63) is 71.5 Å². The van der Waals surface area contributed by atoms with Crippen molar-refractivity contribution in [1.29, 1.82) is 0 Å². The Hall–Kier alpha value is -2.28. The van der Waals surface area contributed by atoms with Crippen LogP contribution in [0.15, 0.2) is 59.8 Å². The fraction of sp³-hybridized carbons (Fsp3) is 0.458. The van der Waals surface area contributed by atoms with Crippen LogP contribution in [0.2, 0.25) is 0 Å². The first-order valence-corrected chi connectivity index (χ1v) is 10.4. The van der Waals surface area contributed by atoms with Crippen molar-refractivity contribution in [3.8, 4) is 0 Å². The average Bonchev–Trinajstić information content (AvgIpc) is 3.17. The van der Waals surface area contributed by atoms with Crippen molar-refractivity contribution < 1.29 is 19.1 Å². The lowest BCUT2D eigenvalue weighted by atomic mass is 10.0. The number of aliphatic hydroxyl groups excluding tert-OH is 1. The molecule has 0 saturated heterocycles. The Balaban J connectivity index is 1.61. The van der Waals surface area contributed by atoms with E-state index in [0.717, 1.165) is 16.8 Å². The highest BCUT2D eigenvalue weighted by molar-refractivity contribution is 6.01. The second-order valence-corrected chi connectivity index (χ2v) is 8.73. The van der Waals surface area contributed by atoms with Crippen LogP contribution in [0, 0.1) is 5.82 Å². The van der Waals surface area contributed by atoms with E-state index in [9.17, 15) is 9.50 Å². The first-order chi connectivity index (χ1) is 14.3. The normalized spacial score (nSPS) is 17.7. The second-order valence-electron chi connectivity index (χ2n) is 8.73. The van der Waals surface area contributed by atoms with Crippen molar-refractivity contribution in [1.82, 2.24) is 4.90 Å². The SMILES string of the molecule is CC(C)(C)OC[C@H](O)CN(Cc1ccc(F)cc1)C[C@@H]1CC(c2ccccc2)=NO1. The highest BCUT2D eigenvalue weighted by Crippen LogP contribution is 2.19. The molecule has 0 unspecified atom stereocenters. The zero-order valence-corrected chi connectivity index (χ0v) is 17.9. The number of hydrogen-bond donors (Lipinski definition) is 1. The molecule has 5 nitrogen and oxygen atoms in total. The molecule has 3 rings (SSSR count). The number of nitrogens with zero attached hydrogens (tertiary/aromatic N) is 2. The number of benzene rings is 2. The van der Waals surface area contributed by atoms with Crippen molar-refractivity contribution in [2.75, 3.05) is 19.7 Å². The first kappa shape index (κ1) is 22.4. The van der Waals surface area contributed by atoms with Crippen LogP contribution in [0.4, 0.5) is 4.39 Å². The van der Waals surface area contributed by atoms with Gasteiger partial charge in [0, 0.05) is 26.1 Å². The molecule has 0 amide bonds. The molecule has 1 heterocycles. The Morgan fingerprint density at radius 1 is 1.17 bits per heavy atom. The van der Waals surface area contributed by atoms with E-state index >= 15 is 0 Å². The molecule has 0 saturated carbocycles. The molecule has 0 fully saturated rings. The number of oxime groups is 1. The minimum Gasteiger partial charge on any atom is -0.390 e. The maximum absolute atomic E-state index is 13.3. The maximum Gasteiger partial charge on any atom is 0.145 e. The lowest BCUT2D eigenvalue weighted by molar-refractivity contribution is -0.0600. The quantitative estimate of drug-likeness (QED) is 0.674. The van der Waals surface area contributed by atoms with E-state index in [1.807, 2.05) is 51.1 Å². The molecule has 2 atom stereocenters. The molecule has 0 spiro atoms. The van der Waals surface area contributed by atoms with Gasteiger partial charge in [-0.2, -0.15) is 0 Å². The van der Waals surface area contributed by atoms with Crippen LogP contribution in [0.3, 0.4) is 0 Å². The van der Waals surface area contributed by atoms with Crippen LogP contribution in [-0.4, -0.2) is 53.2 Å². The van der Waals surface area contributed by atoms with Crippen molar-refractivity contribution in [2.45, 2.75) is 51.5 Å². The van der Waals surface area contributed by atoms with Gasteiger partial charge < -0.3 is 14.7 Å². The predicted octanol–water partition coefficient (Wildman–Crippen LogP) is 4.00. The first-order valence-electron chi connectivity index (χ1n) is 10.4. The van der Waals surface area contributed by atoms with Gasteiger partial charge in [-0.3, -0.25) is 4.90 Å². The third kappa shape index (κ3) is 7.20. The molecular formula is C24H31FN2O3. The van der Waals surface area contributed by atoms with Gasteiger partial charge >= 0.3 is 0 Å². The summed E-state index contributed by atoms with van der Waals surface area (Å²) in [5.74, 6) is -0.260. The summed E-state index contributed by atoms with van der Waals surface area (Å²) in [5, 5.41) is 14.8. The smallest absolute Gasteiger partial charge is 0.145 e. The summed E-state index contributed by atoms with van der Waals surface area (Å²) >= 11 is 0. The van der Waals surface area contributed by atoms with Gasteiger partial charge in [0.15, 0.2) is 0 Å². The average molecular weight is 415 g/mol. The lowest BCUT2D eigenvalue weighted by Crippen LogP contribution is -2.40. The Morgan fingerprint density at radius 2 is 1.87 bits per heavy atom. The molecule has 2 aromatic rings. The molecule has 0 bridgehead atoms. The Bertz CT molecular complexity index is 819. The van der Waals surface area contributed by atoms with Gasteiger partial charge in [0.1, 0.15) is 11.9 Å². The van der Waals surface area contributed by atoms with E-state index in [2.05, 4.69) is 10.1 Å². The van der Waals surface area contributed by atoms with Crippen molar-refractivity contribution in [2.24, 2.45) is 5.16 Å². The Kier molecular flexibility index (Phi) is 7.58. The van der Waals surface area contributed by atoms with Gasteiger partial charge in [-0.25, -0.2) is 4.39 Å². The van der Waals surface area contributed by atoms with E-state index in [0.29, 0.717) is 26.1 Å². The second kappa shape index (κ2) is 10.2. The number of ether oxygens (including phenoxy) is 1. The standard InChI is InChI=1S/C24H31FN2O3/c1-24(2,3)29-17-21(28)15-27(14-18-9-11-20(25)12-10-18)16-22-13-23(26-30-22)19-7-5-4-6-8-19/h4-12,21-22,28H,13-17H2,1-3H3/t21-,22+/m1/s1. The maximum atomic E-state index is 13.3. The van der Waals surface area contributed by atoms with Gasteiger partial charge in [-0.05, 0) is 44.0 Å². The van der Waals surface area contributed by atoms with Crippen LogP contribution < -0.4 is 0 Å². The molecule has 0 aromatic heterocycles. The molecule has 1 aliphatic heterocycles.